The van der Waals surface area contributed by atoms with Gasteiger partial charge in [-0.15, -0.1) is 0 Å². The van der Waals surface area contributed by atoms with Gasteiger partial charge in [-0.3, -0.25) is 0 Å². The fourth-order valence-corrected chi connectivity index (χ4v) is 2.46. The van der Waals surface area contributed by atoms with Crippen LogP contribution in [0.2, 0.25) is 0 Å². The summed E-state index contributed by atoms with van der Waals surface area (Å²) in [5.74, 6) is 0.831. The molecule has 0 saturated heterocycles. The van der Waals surface area contributed by atoms with Crippen LogP contribution in [0.4, 0.5) is 0 Å². The van der Waals surface area contributed by atoms with Gasteiger partial charge in [0.1, 0.15) is 11.9 Å². The molecular weight excluding hydrogens is 260 g/mol. The van der Waals surface area contributed by atoms with E-state index in [1.807, 2.05) is 45.0 Å². The molecule has 1 unspecified atom stereocenters. The molecule has 0 amide bonds. The lowest BCUT2D eigenvalue weighted by atomic mass is 9.93. The summed E-state index contributed by atoms with van der Waals surface area (Å²) in [7, 11) is 0. The molecule has 0 aromatic heterocycles. The van der Waals surface area contributed by atoms with E-state index in [1.165, 1.54) is 11.1 Å². The summed E-state index contributed by atoms with van der Waals surface area (Å²) in [5, 5.41) is 10.6. The number of aryl methyl sites for hydroxylation is 3. The molecule has 1 atom stereocenters. The maximum absolute atomic E-state index is 10.6. The van der Waals surface area contributed by atoms with E-state index < -0.39 is 6.10 Å². The first-order valence-corrected chi connectivity index (χ1v) is 7.41. The van der Waals surface area contributed by atoms with Crippen LogP contribution in [0.25, 0.3) is 0 Å². The molecule has 0 aliphatic carbocycles. The molecule has 21 heavy (non-hydrogen) atoms. The molecule has 0 heterocycles. The number of rotatable bonds is 4. The minimum absolute atomic E-state index is 0.155. The largest absolute Gasteiger partial charge is 0.491 e. The lowest BCUT2D eigenvalue weighted by molar-refractivity contribution is 0.218. The van der Waals surface area contributed by atoms with E-state index >= 15 is 0 Å². The third-order valence-corrected chi connectivity index (χ3v) is 3.74. The monoisotopic (exact) mass is 284 g/mol. The van der Waals surface area contributed by atoms with E-state index in [2.05, 4.69) is 26.0 Å². The Morgan fingerprint density at radius 1 is 0.857 bits per heavy atom. The first-order chi connectivity index (χ1) is 9.88. The van der Waals surface area contributed by atoms with Crippen LogP contribution in [0, 0.1) is 20.8 Å². The Balaban J connectivity index is 2.27. The molecule has 2 heteroatoms. The molecule has 2 rings (SSSR count). The zero-order valence-corrected chi connectivity index (χ0v) is 13.5. The van der Waals surface area contributed by atoms with E-state index in [0.29, 0.717) is 0 Å². The molecule has 0 aliphatic rings. The quantitative estimate of drug-likeness (QED) is 0.897. The van der Waals surface area contributed by atoms with Crippen LogP contribution in [0.3, 0.4) is 0 Å². The van der Waals surface area contributed by atoms with Gasteiger partial charge in [-0.2, -0.15) is 0 Å². The van der Waals surface area contributed by atoms with Crippen molar-refractivity contribution < 1.29 is 9.84 Å². The smallest absolute Gasteiger partial charge is 0.119 e. The summed E-state index contributed by atoms with van der Waals surface area (Å²) in [6.45, 7) is 10.2. The number of ether oxygens (including phenoxy) is 1. The van der Waals surface area contributed by atoms with Gasteiger partial charge in [-0.05, 0) is 74.6 Å². The molecule has 2 aromatic rings. The van der Waals surface area contributed by atoms with Gasteiger partial charge in [0.2, 0.25) is 0 Å². The van der Waals surface area contributed by atoms with Crippen molar-refractivity contribution in [2.75, 3.05) is 0 Å². The van der Waals surface area contributed by atoms with Crippen molar-refractivity contribution >= 4 is 0 Å². The van der Waals surface area contributed by atoms with Crippen molar-refractivity contribution in [2.24, 2.45) is 0 Å². The molecule has 0 fully saturated rings. The highest BCUT2D eigenvalue weighted by atomic mass is 16.5. The summed E-state index contributed by atoms with van der Waals surface area (Å²) in [6, 6.07) is 11.9. The Hall–Kier alpha value is -1.80. The SMILES string of the molecule is Cc1cc(C)c(C(O)c2ccc(OC(C)C)cc2)cc1C. The zero-order valence-electron chi connectivity index (χ0n) is 13.5. The van der Waals surface area contributed by atoms with Gasteiger partial charge in [0.15, 0.2) is 0 Å². The number of aliphatic hydroxyl groups is 1. The van der Waals surface area contributed by atoms with E-state index in [9.17, 15) is 5.11 Å². The van der Waals surface area contributed by atoms with Crippen LogP contribution < -0.4 is 4.74 Å². The Labute approximate surface area is 127 Å². The van der Waals surface area contributed by atoms with Crippen LogP contribution >= 0.6 is 0 Å². The lowest BCUT2D eigenvalue weighted by Gasteiger charge is -2.17. The average Bonchev–Trinajstić information content (AvgIpc) is 2.42. The molecule has 0 aliphatic heterocycles. The van der Waals surface area contributed by atoms with Gasteiger partial charge in [-0.1, -0.05) is 24.3 Å². The molecule has 112 valence electrons. The molecule has 0 spiro atoms. The van der Waals surface area contributed by atoms with Crippen molar-refractivity contribution in [1.82, 2.24) is 0 Å². The third kappa shape index (κ3) is 3.64. The zero-order chi connectivity index (χ0) is 15.6. The van der Waals surface area contributed by atoms with Crippen molar-refractivity contribution in [3.8, 4) is 5.75 Å². The summed E-state index contributed by atoms with van der Waals surface area (Å²) in [6.07, 6.45) is -0.444. The molecular formula is C19H24O2. The fraction of sp³-hybridized carbons (Fsp3) is 0.368. The van der Waals surface area contributed by atoms with Crippen molar-refractivity contribution in [3.63, 3.8) is 0 Å². The predicted octanol–water partition coefficient (Wildman–Crippen LogP) is 4.48. The highest BCUT2D eigenvalue weighted by molar-refractivity contribution is 5.42. The fourth-order valence-electron chi connectivity index (χ4n) is 2.46. The maximum atomic E-state index is 10.6. The van der Waals surface area contributed by atoms with Crippen molar-refractivity contribution in [2.45, 2.75) is 46.8 Å². The normalized spacial score (nSPS) is 12.5. The van der Waals surface area contributed by atoms with Crippen molar-refractivity contribution in [1.29, 1.82) is 0 Å². The summed E-state index contributed by atoms with van der Waals surface area (Å²) < 4.78 is 5.63. The Morgan fingerprint density at radius 2 is 1.43 bits per heavy atom. The summed E-state index contributed by atoms with van der Waals surface area (Å²) in [5.41, 5.74) is 5.43. The molecule has 1 N–H and O–H groups in total. The van der Waals surface area contributed by atoms with E-state index in [1.54, 1.807) is 0 Å². The Bertz CT molecular complexity index is 612. The van der Waals surface area contributed by atoms with Crippen LogP contribution in [-0.2, 0) is 0 Å². The maximum Gasteiger partial charge on any atom is 0.119 e. The van der Waals surface area contributed by atoms with E-state index in [-0.39, 0.29) is 6.10 Å². The van der Waals surface area contributed by atoms with Crippen molar-refractivity contribution in [3.05, 3.63) is 64.2 Å². The van der Waals surface area contributed by atoms with Gasteiger partial charge in [-0.25, -0.2) is 0 Å². The van der Waals surface area contributed by atoms with Crippen LogP contribution in [-0.4, -0.2) is 11.2 Å². The first-order valence-electron chi connectivity index (χ1n) is 7.41. The molecule has 0 radical (unpaired) electrons. The second-order valence-electron chi connectivity index (χ2n) is 5.93. The number of hydrogen-bond donors (Lipinski definition) is 1. The standard InChI is InChI=1S/C19H24O2/c1-12(2)21-17-8-6-16(7-9-17)19(20)18-11-14(4)13(3)10-15(18)5/h6-12,19-20H,1-5H3. The number of hydrogen-bond acceptors (Lipinski definition) is 2. The van der Waals surface area contributed by atoms with Gasteiger partial charge in [0.05, 0.1) is 6.10 Å². The predicted molar refractivity (Wildman–Crippen MR) is 86.9 cm³/mol. The van der Waals surface area contributed by atoms with Crippen LogP contribution in [0.1, 0.15) is 47.8 Å². The second kappa shape index (κ2) is 6.31. The highest BCUT2D eigenvalue weighted by Crippen LogP contribution is 2.28. The highest BCUT2D eigenvalue weighted by Gasteiger charge is 2.14. The molecule has 2 aromatic carbocycles. The van der Waals surface area contributed by atoms with Gasteiger partial charge in [0.25, 0.3) is 0 Å². The molecule has 0 bridgehead atoms. The Morgan fingerprint density at radius 3 is 2.00 bits per heavy atom. The first kappa shape index (κ1) is 15.6. The van der Waals surface area contributed by atoms with Gasteiger partial charge >= 0.3 is 0 Å². The van der Waals surface area contributed by atoms with Crippen LogP contribution in [0.5, 0.6) is 5.75 Å². The summed E-state index contributed by atoms with van der Waals surface area (Å²) >= 11 is 0. The number of benzene rings is 2. The van der Waals surface area contributed by atoms with E-state index in [0.717, 1.165) is 22.4 Å². The summed E-state index contributed by atoms with van der Waals surface area (Å²) in [4.78, 5) is 0. The second-order valence-corrected chi connectivity index (χ2v) is 5.93. The van der Waals surface area contributed by atoms with Crippen LogP contribution in [0.15, 0.2) is 36.4 Å². The average molecular weight is 284 g/mol. The minimum Gasteiger partial charge on any atom is -0.491 e. The third-order valence-electron chi connectivity index (χ3n) is 3.74. The minimum atomic E-state index is -0.600. The lowest BCUT2D eigenvalue weighted by Crippen LogP contribution is -2.06. The topological polar surface area (TPSA) is 29.5 Å². The molecule has 0 saturated carbocycles. The van der Waals surface area contributed by atoms with Gasteiger partial charge in [0, 0.05) is 0 Å². The number of aliphatic hydroxyl groups excluding tert-OH is 1. The Kier molecular flexibility index (Phi) is 4.69. The molecule has 2 nitrogen and oxygen atoms in total. The van der Waals surface area contributed by atoms with Gasteiger partial charge < -0.3 is 9.84 Å². The van der Waals surface area contributed by atoms with E-state index in [4.69, 9.17) is 4.74 Å².